The molecule has 6 nitrogen and oxygen atoms in total. The van der Waals surface area contributed by atoms with E-state index in [9.17, 15) is 9.59 Å². The SMILES string of the molecule is Cc1cccc(-n2nc(C(C)(C)C)c3c2N(CC(=O)NC(C)C)C(=O)CS[C@H]3c2ccccc2C)c1. The van der Waals surface area contributed by atoms with Gasteiger partial charge in [0.05, 0.1) is 22.4 Å². The van der Waals surface area contributed by atoms with Crippen molar-refractivity contribution in [1.29, 1.82) is 0 Å². The highest BCUT2D eigenvalue weighted by molar-refractivity contribution is 8.00. The molecule has 2 aromatic carbocycles. The summed E-state index contributed by atoms with van der Waals surface area (Å²) in [6, 6.07) is 16.4. The average Bonchev–Trinajstić information content (AvgIpc) is 3.13. The molecular formula is C29H36N4O2S. The normalized spacial score (nSPS) is 16.2. The fourth-order valence-corrected chi connectivity index (χ4v) is 5.94. The molecule has 0 unspecified atom stereocenters. The number of aromatic nitrogens is 2. The van der Waals surface area contributed by atoms with Crippen LogP contribution < -0.4 is 10.2 Å². The molecule has 0 spiro atoms. The smallest absolute Gasteiger partial charge is 0.240 e. The summed E-state index contributed by atoms with van der Waals surface area (Å²) in [5.74, 6) is 0.691. The second-order valence-electron chi connectivity index (χ2n) is 10.8. The molecule has 3 aromatic rings. The zero-order valence-electron chi connectivity index (χ0n) is 22.3. The molecule has 1 aliphatic heterocycles. The first-order valence-electron chi connectivity index (χ1n) is 12.4. The van der Waals surface area contributed by atoms with E-state index < -0.39 is 0 Å². The van der Waals surface area contributed by atoms with Crippen molar-refractivity contribution < 1.29 is 9.59 Å². The summed E-state index contributed by atoms with van der Waals surface area (Å²) in [5.41, 5.74) is 5.97. The molecule has 0 saturated carbocycles. The molecule has 1 aromatic heterocycles. The monoisotopic (exact) mass is 504 g/mol. The van der Waals surface area contributed by atoms with Gasteiger partial charge in [-0.3, -0.25) is 14.5 Å². The van der Waals surface area contributed by atoms with Crippen LogP contribution >= 0.6 is 11.8 Å². The number of aryl methyl sites for hydroxylation is 2. The third kappa shape index (κ3) is 5.21. The number of carbonyl (C=O) groups is 2. The molecule has 190 valence electrons. The standard InChI is InChI=1S/C29H36N4O2S/c1-18(2)30-23(34)16-32-24(35)17-36-26(22-14-9-8-12-20(22)4)25-27(29(5,6)7)31-33(28(25)32)21-13-10-11-19(3)15-21/h8-15,18,26H,16-17H2,1-7H3,(H,30,34)/t26-/m0/s1. The molecule has 36 heavy (non-hydrogen) atoms. The van der Waals surface area contributed by atoms with E-state index in [1.165, 1.54) is 11.1 Å². The van der Waals surface area contributed by atoms with E-state index in [-0.39, 0.29) is 40.8 Å². The van der Waals surface area contributed by atoms with Gasteiger partial charge in [0.15, 0.2) is 0 Å². The van der Waals surface area contributed by atoms with Gasteiger partial charge in [-0.25, -0.2) is 4.68 Å². The van der Waals surface area contributed by atoms with Gasteiger partial charge in [0.1, 0.15) is 12.4 Å². The highest BCUT2D eigenvalue weighted by Gasteiger charge is 2.40. The van der Waals surface area contributed by atoms with Gasteiger partial charge in [0.25, 0.3) is 0 Å². The Kier molecular flexibility index (Phi) is 7.32. The maximum Gasteiger partial charge on any atom is 0.240 e. The van der Waals surface area contributed by atoms with Crippen LogP contribution in [-0.4, -0.2) is 39.9 Å². The number of thioether (sulfide) groups is 1. The van der Waals surface area contributed by atoms with E-state index in [0.717, 1.165) is 22.5 Å². The predicted molar refractivity (Wildman–Crippen MR) is 148 cm³/mol. The number of nitrogens with zero attached hydrogens (tertiary/aromatic N) is 3. The number of nitrogens with one attached hydrogen (secondary N) is 1. The van der Waals surface area contributed by atoms with E-state index >= 15 is 0 Å². The van der Waals surface area contributed by atoms with Crippen molar-refractivity contribution in [2.75, 3.05) is 17.2 Å². The minimum absolute atomic E-state index is 0.0139. The van der Waals surface area contributed by atoms with Crippen molar-refractivity contribution in [3.8, 4) is 5.69 Å². The molecular weight excluding hydrogens is 468 g/mol. The maximum atomic E-state index is 13.7. The van der Waals surface area contributed by atoms with Gasteiger partial charge in [-0.1, -0.05) is 57.2 Å². The fourth-order valence-electron chi connectivity index (χ4n) is 4.65. The Balaban J connectivity index is 2.03. The second kappa shape index (κ2) is 10.1. The van der Waals surface area contributed by atoms with Crippen LogP contribution in [-0.2, 0) is 15.0 Å². The van der Waals surface area contributed by atoms with Crippen molar-refractivity contribution in [2.24, 2.45) is 0 Å². The minimum atomic E-state index is -0.278. The summed E-state index contributed by atoms with van der Waals surface area (Å²) in [6.07, 6.45) is 0. The van der Waals surface area contributed by atoms with Gasteiger partial charge < -0.3 is 5.32 Å². The zero-order chi connectivity index (χ0) is 26.2. The molecule has 0 saturated heterocycles. The summed E-state index contributed by atoms with van der Waals surface area (Å²) < 4.78 is 1.88. The Morgan fingerprint density at radius 3 is 2.50 bits per heavy atom. The molecule has 4 rings (SSSR count). The third-order valence-electron chi connectivity index (χ3n) is 6.27. The first kappa shape index (κ1) is 26.0. The first-order chi connectivity index (χ1) is 17.0. The van der Waals surface area contributed by atoms with Gasteiger partial charge in [-0.05, 0) is 56.5 Å². The Bertz CT molecular complexity index is 1290. The summed E-state index contributed by atoms with van der Waals surface area (Å²) in [4.78, 5) is 28.3. The van der Waals surface area contributed by atoms with Crippen molar-refractivity contribution in [3.05, 3.63) is 76.5 Å². The number of anilines is 1. The van der Waals surface area contributed by atoms with E-state index in [4.69, 9.17) is 5.10 Å². The van der Waals surface area contributed by atoms with Crippen LogP contribution in [0, 0.1) is 13.8 Å². The second-order valence-corrected chi connectivity index (χ2v) is 11.9. The molecule has 2 heterocycles. The van der Waals surface area contributed by atoms with Crippen LogP contribution in [0.4, 0.5) is 5.82 Å². The molecule has 1 aliphatic rings. The van der Waals surface area contributed by atoms with Crippen LogP contribution in [0.15, 0.2) is 48.5 Å². The molecule has 0 fully saturated rings. The summed E-state index contributed by atoms with van der Waals surface area (Å²) >= 11 is 1.61. The Hall–Kier alpha value is -3.06. The van der Waals surface area contributed by atoms with E-state index in [0.29, 0.717) is 5.82 Å². The molecule has 1 N–H and O–H groups in total. The van der Waals surface area contributed by atoms with Crippen molar-refractivity contribution in [1.82, 2.24) is 15.1 Å². The van der Waals surface area contributed by atoms with Gasteiger partial charge in [0.2, 0.25) is 11.8 Å². The molecule has 0 radical (unpaired) electrons. The van der Waals surface area contributed by atoms with Crippen LogP contribution in [0.2, 0.25) is 0 Å². The van der Waals surface area contributed by atoms with Crippen LogP contribution in [0.3, 0.4) is 0 Å². The molecule has 0 bridgehead atoms. The predicted octanol–water partition coefficient (Wildman–Crippen LogP) is 5.48. The lowest BCUT2D eigenvalue weighted by Crippen LogP contribution is -2.44. The van der Waals surface area contributed by atoms with E-state index in [2.05, 4.69) is 51.2 Å². The topological polar surface area (TPSA) is 67.2 Å². The number of carbonyl (C=O) groups excluding carboxylic acids is 2. The lowest BCUT2D eigenvalue weighted by molar-refractivity contribution is -0.123. The molecule has 7 heteroatoms. The van der Waals surface area contributed by atoms with E-state index in [1.54, 1.807) is 16.7 Å². The number of hydrogen-bond donors (Lipinski definition) is 1. The first-order valence-corrected chi connectivity index (χ1v) is 13.5. The van der Waals surface area contributed by atoms with Crippen LogP contribution in [0.25, 0.3) is 5.69 Å². The summed E-state index contributed by atoms with van der Waals surface area (Å²) in [6.45, 7) is 14.4. The maximum absolute atomic E-state index is 13.7. The third-order valence-corrected chi connectivity index (χ3v) is 7.50. The lowest BCUT2D eigenvalue weighted by atomic mass is 9.86. The largest absolute Gasteiger partial charge is 0.352 e. The Labute approximate surface area is 218 Å². The van der Waals surface area contributed by atoms with Crippen LogP contribution in [0.1, 0.15) is 67.8 Å². The van der Waals surface area contributed by atoms with Crippen molar-refractivity contribution in [3.63, 3.8) is 0 Å². The highest BCUT2D eigenvalue weighted by Crippen LogP contribution is 2.49. The molecule has 0 aliphatic carbocycles. The van der Waals surface area contributed by atoms with Gasteiger partial charge >= 0.3 is 0 Å². The van der Waals surface area contributed by atoms with Gasteiger partial charge in [0, 0.05) is 17.0 Å². The lowest BCUT2D eigenvalue weighted by Gasteiger charge is -2.25. The number of hydrogen-bond acceptors (Lipinski definition) is 4. The summed E-state index contributed by atoms with van der Waals surface area (Å²) in [7, 11) is 0. The number of rotatable bonds is 5. The zero-order valence-corrected chi connectivity index (χ0v) is 23.1. The summed E-state index contributed by atoms with van der Waals surface area (Å²) in [5, 5.41) is 8.02. The Morgan fingerprint density at radius 1 is 1.14 bits per heavy atom. The van der Waals surface area contributed by atoms with E-state index in [1.807, 2.05) is 55.8 Å². The molecule has 2 amide bonds. The van der Waals surface area contributed by atoms with Crippen molar-refractivity contribution >= 4 is 29.4 Å². The quantitative estimate of drug-likeness (QED) is 0.500. The average molecular weight is 505 g/mol. The fraction of sp³-hybridized carbons (Fsp3) is 0.414. The van der Waals surface area contributed by atoms with Gasteiger partial charge in [-0.2, -0.15) is 5.10 Å². The van der Waals surface area contributed by atoms with Crippen LogP contribution in [0.5, 0.6) is 0 Å². The van der Waals surface area contributed by atoms with Gasteiger partial charge in [-0.15, -0.1) is 11.8 Å². The van der Waals surface area contributed by atoms with Crippen molar-refractivity contribution in [2.45, 2.75) is 65.2 Å². The number of fused-ring (bicyclic) bond motifs is 1. The Morgan fingerprint density at radius 2 is 1.86 bits per heavy atom. The highest BCUT2D eigenvalue weighted by atomic mass is 32.2. The number of benzene rings is 2. The minimum Gasteiger partial charge on any atom is -0.352 e. The number of amides is 2. The molecule has 1 atom stereocenters.